The van der Waals surface area contributed by atoms with Gasteiger partial charge in [-0.05, 0) is 43.9 Å². The monoisotopic (exact) mass is 322 g/mol. The van der Waals surface area contributed by atoms with Gasteiger partial charge in [-0.1, -0.05) is 55.0 Å². The summed E-state index contributed by atoms with van der Waals surface area (Å²) in [6.45, 7) is 4.65. The fraction of sp³-hybridized carbons (Fsp3) is 0.381. The zero-order valence-corrected chi connectivity index (χ0v) is 14.5. The molecular formula is C21H26N2O. The molecule has 0 bridgehead atoms. The Morgan fingerprint density at radius 1 is 1.17 bits per heavy atom. The maximum Gasteiger partial charge on any atom is 0.232 e. The van der Waals surface area contributed by atoms with Crippen LogP contribution < -0.4 is 10.6 Å². The van der Waals surface area contributed by atoms with Crippen LogP contribution in [0.15, 0.2) is 54.6 Å². The molecule has 0 radical (unpaired) electrons. The third-order valence-electron chi connectivity index (χ3n) is 5.16. The summed E-state index contributed by atoms with van der Waals surface area (Å²) < 4.78 is 0. The highest BCUT2D eigenvalue weighted by Gasteiger charge is 2.42. The molecule has 2 aromatic carbocycles. The van der Waals surface area contributed by atoms with Gasteiger partial charge in [0.1, 0.15) is 0 Å². The van der Waals surface area contributed by atoms with E-state index in [9.17, 15) is 4.79 Å². The smallest absolute Gasteiger partial charge is 0.232 e. The highest BCUT2D eigenvalue weighted by molar-refractivity contribution is 5.96. The zero-order valence-electron chi connectivity index (χ0n) is 14.5. The van der Waals surface area contributed by atoms with Gasteiger partial charge in [0.05, 0.1) is 12.5 Å². The van der Waals surface area contributed by atoms with E-state index in [1.165, 1.54) is 0 Å². The van der Waals surface area contributed by atoms with Gasteiger partial charge in [0, 0.05) is 11.2 Å². The lowest BCUT2D eigenvalue weighted by molar-refractivity contribution is -0.123. The summed E-state index contributed by atoms with van der Waals surface area (Å²) in [5.41, 5.74) is 9.24. The van der Waals surface area contributed by atoms with E-state index >= 15 is 0 Å². The summed E-state index contributed by atoms with van der Waals surface area (Å²) >= 11 is 0. The number of hydrogen-bond donors (Lipinski definition) is 1. The summed E-state index contributed by atoms with van der Waals surface area (Å²) in [4.78, 5) is 15.3. The van der Waals surface area contributed by atoms with Crippen LogP contribution in [0.5, 0.6) is 0 Å². The number of aryl methyl sites for hydroxylation is 1. The quantitative estimate of drug-likeness (QED) is 0.923. The van der Waals surface area contributed by atoms with E-state index in [0.29, 0.717) is 6.54 Å². The Hall–Kier alpha value is -2.13. The minimum atomic E-state index is -0.408. The van der Waals surface area contributed by atoms with Gasteiger partial charge >= 0.3 is 0 Å². The van der Waals surface area contributed by atoms with Crippen molar-refractivity contribution in [2.24, 2.45) is 11.7 Å². The van der Waals surface area contributed by atoms with Gasteiger partial charge in [0.2, 0.25) is 5.91 Å². The van der Waals surface area contributed by atoms with Gasteiger partial charge in [-0.15, -0.1) is 0 Å². The summed E-state index contributed by atoms with van der Waals surface area (Å²) in [6.07, 6.45) is 2.82. The lowest BCUT2D eigenvalue weighted by atomic mass is 9.88. The number of anilines is 1. The summed E-state index contributed by atoms with van der Waals surface area (Å²) in [7, 11) is 0. The third kappa shape index (κ3) is 3.36. The van der Waals surface area contributed by atoms with E-state index in [1.54, 1.807) is 0 Å². The molecule has 0 heterocycles. The second kappa shape index (κ2) is 6.78. The van der Waals surface area contributed by atoms with Crippen LogP contribution in [0.2, 0.25) is 0 Å². The first-order chi connectivity index (χ1) is 11.5. The van der Waals surface area contributed by atoms with Gasteiger partial charge in [-0.25, -0.2) is 0 Å². The third-order valence-corrected chi connectivity index (χ3v) is 5.16. The molecule has 1 aliphatic carbocycles. The maximum absolute atomic E-state index is 13.4. The average Bonchev–Trinajstić information content (AvgIpc) is 2.93. The zero-order chi connectivity index (χ0) is 17.2. The minimum absolute atomic E-state index is 0.110. The number of nitrogens with zero attached hydrogens (tertiary/aromatic N) is 1. The predicted molar refractivity (Wildman–Crippen MR) is 98.7 cm³/mol. The molecule has 3 nitrogen and oxygen atoms in total. The number of para-hydroxylation sites is 1. The molecule has 2 N–H and O–H groups in total. The minimum Gasteiger partial charge on any atom is -0.325 e. The summed E-state index contributed by atoms with van der Waals surface area (Å²) in [5, 5.41) is 0. The van der Waals surface area contributed by atoms with Crippen LogP contribution in [0.4, 0.5) is 5.69 Å². The van der Waals surface area contributed by atoms with Crippen LogP contribution in [0.3, 0.4) is 0 Å². The number of rotatable bonds is 4. The van der Waals surface area contributed by atoms with Crippen molar-refractivity contribution < 1.29 is 4.79 Å². The average molecular weight is 322 g/mol. The first kappa shape index (κ1) is 16.7. The van der Waals surface area contributed by atoms with E-state index in [-0.39, 0.29) is 11.8 Å². The molecule has 3 rings (SSSR count). The molecule has 0 spiro atoms. The highest BCUT2D eigenvalue weighted by atomic mass is 16.2. The van der Waals surface area contributed by atoms with Crippen LogP contribution in [0.1, 0.15) is 37.3 Å². The Labute approximate surface area is 144 Å². The molecule has 0 saturated heterocycles. The SMILES string of the molecule is Cc1ccccc1N(Cc1ccccc1)C(=O)C1CCCC1(C)N. The largest absolute Gasteiger partial charge is 0.325 e. The van der Waals surface area contributed by atoms with Crippen LogP contribution in [0, 0.1) is 12.8 Å². The van der Waals surface area contributed by atoms with Crippen molar-refractivity contribution in [1.29, 1.82) is 0 Å². The normalized spacial score (nSPS) is 23.2. The Balaban J connectivity index is 1.96. The van der Waals surface area contributed by atoms with Gasteiger partial charge in [0.25, 0.3) is 0 Å². The Morgan fingerprint density at radius 2 is 1.83 bits per heavy atom. The molecule has 1 fully saturated rings. The number of hydrogen-bond acceptors (Lipinski definition) is 2. The van der Waals surface area contributed by atoms with Gasteiger partial charge < -0.3 is 10.6 Å². The Bertz CT molecular complexity index is 709. The van der Waals surface area contributed by atoms with E-state index in [0.717, 1.165) is 36.1 Å². The molecule has 2 aromatic rings. The van der Waals surface area contributed by atoms with Gasteiger partial charge in [0.15, 0.2) is 0 Å². The van der Waals surface area contributed by atoms with Gasteiger partial charge in [-0.3, -0.25) is 4.79 Å². The Kier molecular flexibility index (Phi) is 4.72. The summed E-state index contributed by atoms with van der Waals surface area (Å²) in [5.74, 6) is 0.0384. The molecule has 24 heavy (non-hydrogen) atoms. The molecule has 2 atom stereocenters. The van der Waals surface area contributed by atoms with Crippen LogP contribution in [0.25, 0.3) is 0 Å². The van der Waals surface area contributed by atoms with Crippen LogP contribution in [-0.2, 0) is 11.3 Å². The topological polar surface area (TPSA) is 46.3 Å². The molecule has 1 saturated carbocycles. The predicted octanol–water partition coefficient (Wildman–Crippen LogP) is 4.05. The molecule has 0 aliphatic heterocycles. The molecule has 0 aromatic heterocycles. The van der Waals surface area contributed by atoms with Crippen LogP contribution in [-0.4, -0.2) is 11.4 Å². The molecular weight excluding hydrogens is 296 g/mol. The van der Waals surface area contributed by atoms with Crippen molar-refractivity contribution in [2.75, 3.05) is 4.90 Å². The van der Waals surface area contributed by atoms with E-state index in [1.807, 2.05) is 48.2 Å². The van der Waals surface area contributed by atoms with Gasteiger partial charge in [-0.2, -0.15) is 0 Å². The Morgan fingerprint density at radius 3 is 2.46 bits per heavy atom. The van der Waals surface area contributed by atoms with Crippen LogP contribution >= 0.6 is 0 Å². The molecule has 1 aliphatic rings. The van der Waals surface area contributed by atoms with Crippen molar-refractivity contribution in [2.45, 2.75) is 45.2 Å². The summed E-state index contributed by atoms with van der Waals surface area (Å²) in [6, 6.07) is 18.2. The maximum atomic E-state index is 13.4. The number of nitrogens with two attached hydrogens (primary N) is 1. The fourth-order valence-corrected chi connectivity index (χ4v) is 3.70. The molecule has 1 amide bonds. The van der Waals surface area contributed by atoms with Crippen molar-refractivity contribution in [3.8, 4) is 0 Å². The molecule has 3 heteroatoms. The lowest BCUT2D eigenvalue weighted by Crippen LogP contribution is -2.49. The first-order valence-electron chi connectivity index (χ1n) is 8.69. The van der Waals surface area contributed by atoms with E-state index in [2.05, 4.69) is 25.1 Å². The fourth-order valence-electron chi connectivity index (χ4n) is 3.70. The highest BCUT2D eigenvalue weighted by Crippen LogP contribution is 2.36. The number of carbonyl (C=O) groups excluding carboxylic acids is 1. The molecule has 2 unspecified atom stereocenters. The van der Waals surface area contributed by atoms with Crippen molar-refractivity contribution >= 4 is 11.6 Å². The first-order valence-corrected chi connectivity index (χ1v) is 8.69. The number of carbonyl (C=O) groups is 1. The second-order valence-electron chi connectivity index (χ2n) is 7.15. The lowest BCUT2D eigenvalue weighted by Gasteiger charge is -2.33. The van der Waals surface area contributed by atoms with E-state index < -0.39 is 5.54 Å². The van der Waals surface area contributed by atoms with Crippen molar-refractivity contribution in [3.63, 3.8) is 0 Å². The standard InChI is InChI=1S/C21H26N2O/c1-16-9-6-7-13-19(16)23(15-17-10-4-3-5-11-17)20(24)18-12-8-14-21(18,2)22/h3-7,9-11,13,18H,8,12,14-15,22H2,1-2H3. The van der Waals surface area contributed by atoms with Crippen molar-refractivity contribution in [1.82, 2.24) is 0 Å². The second-order valence-corrected chi connectivity index (χ2v) is 7.15. The van der Waals surface area contributed by atoms with E-state index in [4.69, 9.17) is 5.73 Å². The molecule has 126 valence electrons. The number of amides is 1. The number of benzene rings is 2. The van der Waals surface area contributed by atoms with Crippen molar-refractivity contribution in [3.05, 3.63) is 65.7 Å².